The zero-order valence-corrected chi connectivity index (χ0v) is 17.7. The molecule has 0 bridgehead atoms. The van der Waals surface area contributed by atoms with E-state index in [2.05, 4.69) is 32.5 Å². The molecule has 1 unspecified atom stereocenters. The lowest BCUT2D eigenvalue weighted by Gasteiger charge is -2.28. The number of nitrogens with zero attached hydrogens (tertiary/aromatic N) is 4. The maximum Gasteiger partial charge on any atom is 0.387 e. The minimum absolute atomic E-state index is 0.0557. The van der Waals surface area contributed by atoms with Crippen LogP contribution >= 0.6 is 0 Å². The molecule has 0 spiro atoms. The summed E-state index contributed by atoms with van der Waals surface area (Å²) in [7, 11) is 0. The van der Waals surface area contributed by atoms with E-state index in [-0.39, 0.29) is 17.9 Å². The first-order chi connectivity index (χ1) is 15.0. The Morgan fingerprint density at radius 1 is 1.19 bits per heavy atom. The number of hydrogen-bond donors (Lipinski definition) is 1. The molecule has 168 valence electrons. The summed E-state index contributed by atoms with van der Waals surface area (Å²) in [6.07, 6.45) is 6.39. The SMILES string of the molecule is CCCCCCCCOC(=O)C1=C(C)Nc2nnnn2C1c1ccccc1OC(F)F. The van der Waals surface area contributed by atoms with Crippen molar-refractivity contribution in [1.29, 1.82) is 0 Å². The first kappa shape index (κ1) is 22.6. The van der Waals surface area contributed by atoms with Crippen LogP contribution < -0.4 is 10.1 Å². The van der Waals surface area contributed by atoms with Crippen molar-refractivity contribution >= 4 is 11.9 Å². The Balaban J connectivity index is 1.81. The molecule has 2 aromatic rings. The molecule has 1 N–H and O–H groups in total. The van der Waals surface area contributed by atoms with Gasteiger partial charge in [-0.25, -0.2) is 4.79 Å². The van der Waals surface area contributed by atoms with Gasteiger partial charge in [0.15, 0.2) is 0 Å². The highest BCUT2D eigenvalue weighted by Gasteiger charge is 2.36. The molecule has 1 aromatic carbocycles. The number of unbranched alkanes of at least 4 members (excludes halogenated alkanes) is 5. The topological polar surface area (TPSA) is 91.2 Å². The lowest BCUT2D eigenvalue weighted by atomic mass is 9.95. The number of esters is 1. The number of allylic oxidation sites excluding steroid dienone is 1. The van der Waals surface area contributed by atoms with Crippen molar-refractivity contribution in [2.75, 3.05) is 11.9 Å². The Morgan fingerprint density at radius 2 is 1.94 bits per heavy atom. The molecule has 10 heteroatoms. The minimum atomic E-state index is -3.01. The number of tetrazole rings is 1. The van der Waals surface area contributed by atoms with Crippen LogP contribution in [0.25, 0.3) is 0 Å². The number of ether oxygens (including phenoxy) is 2. The molecule has 0 saturated heterocycles. The van der Waals surface area contributed by atoms with Crippen LogP contribution in [-0.2, 0) is 9.53 Å². The molecule has 0 amide bonds. The van der Waals surface area contributed by atoms with E-state index in [1.807, 2.05) is 0 Å². The summed E-state index contributed by atoms with van der Waals surface area (Å²) in [5, 5.41) is 14.5. The van der Waals surface area contributed by atoms with Gasteiger partial charge in [0.2, 0.25) is 5.95 Å². The second-order valence-corrected chi connectivity index (χ2v) is 7.33. The Hall–Kier alpha value is -3.04. The van der Waals surface area contributed by atoms with Gasteiger partial charge in [-0.2, -0.15) is 13.5 Å². The highest BCUT2D eigenvalue weighted by atomic mass is 19.3. The number of carbonyl (C=O) groups excluding carboxylic acids is 1. The number of aromatic nitrogens is 4. The van der Waals surface area contributed by atoms with Crippen LogP contribution in [0.1, 0.15) is 64.0 Å². The normalized spacial score (nSPS) is 15.6. The van der Waals surface area contributed by atoms with Gasteiger partial charge in [-0.3, -0.25) is 0 Å². The van der Waals surface area contributed by atoms with Crippen LogP contribution in [0, 0.1) is 0 Å². The van der Waals surface area contributed by atoms with Gasteiger partial charge in [0.1, 0.15) is 11.8 Å². The minimum Gasteiger partial charge on any atom is -0.462 e. The highest BCUT2D eigenvalue weighted by molar-refractivity contribution is 5.92. The molecule has 31 heavy (non-hydrogen) atoms. The van der Waals surface area contributed by atoms with Gasteiger partial charge in [-0.05, 0) is 29.8 Å². The van der Waals surface area contributed by atoms with Gasteiger partial charge in [-0.1, -0.05) is 62.3 Å². The van der Waals surface area contributed by atoms with Crippen LogP contribution in [-0.4, -0.2) is 39.4 Å². The quantitative estimate of drug-likeness (QED) is 0.411. The van der Waals surface area contributed by atoms with Crippen LogP contribution in [0.2, 0.25) is 0 Å². The van der Waals surface area contributed by atoms with E-state index < -0.39 is 18.6 Å². The Morgan fingerprint density at radius 3 is 2.71 bits per heavy atom. The molecule has 0 aliphatic carbocycles. The van der Waals surface area contributed by atoms with Crippen molar-refractivity contribution < 1.29 is 23.0 Å². The van der Waals surface area contributed by atoms with E-state index in [1.165, 1.54) is 30.0 Å². The fraction of sp³-hybridized carbons (Fsp3) is 0.524. The van der Waals surface area contributed by atoms with Crippen molar-refractivity contribution in [2.45, 2.75) is 65.0 Å². The van der Waals surface area contributed by atoms with Crippen molar-refractivity contribution in [3.8, 4) is 5.75 Å². The van der Waals surface area contributed by atoms with E-state index in [1.54, 1.807) is 25.1 Å². The van der Waals surface area contributed by atoms with Gasteiger partial charge in [0.25, 0.3) is 0 Å². The monoisotopic (exact) mass is 435 g/mol. The standard InChI is InChI=1S/C21H27F2N5O3/c1-3-4-5-6-7-10-13-30-19(29)17-14(2)24-21-25-26-27-28(21)18(17)15-11-8-9-12-16(15)31-20(22)23/h8-9,11-12,18,20H,3-7,10,13H2,1-2H3,(H,24,25,27). The van der Waals surface area contributed by atoms with E-state index >= 15 is 0 Å². The molecular weight excluding hydrogens is 408 g/mol. The maximum atomic E-state index is 13.0. The van der Waals surface area contributed by atoms with Crippen molar-refractivity contribution in [1.82, 2.24) is 20.2 Å². The fourth-order valence-corrected chi connectivity index (χ4v) is 3.60. The fourth-order valence-electron chi connectivity index (χ4n) is 3.60. The largest absolute Gasteiger partial charge is 0.462 e. The average molecular weight is 435 g/mol. The molecule has 1 aliphatic heterocycles. The summed E-state index contributed by atoms with van der Waals surface area (Å²) in [5.41, 5.74) is 1.08. The van der Waals surface area contributed by atoms with Crippen LogP contribution in [0.15, 0.2) is 35.5 Å². The number of nitrogens with one attached hydrogen (secondary N) is 1. The van der Waals surface area contributed by atoms with E-state index in [0.29, 0.717) is 17.2 Å². The molecule has 1 aromatic heterocycles. The van der Waals surface area contributed by atoms with Gasteiger partial charge in [-0.15, -0.1) is 0 Å². The number of fused-ring (bicyclic) bond motifs is 1. The number of para-hydroxylation sites is 1. The smallest absolute Gasteiger partial charge is 0.387 e. The number of alkyl halides is 2. The summed E-state index contributed by atoms with van der Waals surface area (Å²) in [6, 6.07) is 5.41. The molecule has 3 rings (SSSR count). The molecular formula is C21H27F2N5O3. The third-order valence-corrected chi connectivity index (χ3v) is 5.09. The summed E-state index contributed by atoms with van der Waals surface area (Å²) in [5.74, 6) is -0.307. The van der Waals surface area contributed by atoms with Crippen LogP contribution in [0.5, 0.6) is 5.75 Å². The lowest BCUT2D eigenvalue weighted by Crippen LogP contribution is -2.30. The molecule has 8 nitrogen and oxygen atoms in total. The van der Waals surface area contributed by atoms with Gasteiger partial charge in [0, 0.05) is 11.3 Å². The zero-order valence-electron chi connectivity index (χ0n) is 17.7. The molecule has 0 fully saturated rings. The highest BCUT2D eigenvalue weighted by Crippen LogP contribution is 2.39. The third kappa shape index (κ3) is 5.56. The second kappa shape index (κ2) is 10.8. The second-order valence-electron chi connectivity index (χ2n) is 7.33. The number of rotatable bonds is 11. The van der Waals surface area contributed by atoms with E-state index in [9.17, 15) is 13.6 Å². The molecule has 0 radical (unpaired) electrons. The zero-order chi connectivity index (χ0) is 22.2. The van der Waals surface area contributed by atoms with Crippen LogP contribution in [0.4, 0.5) is 14.7 Å². The number of hydrogen-bond acceptors (Lipinski definition) is 7. The average Bonchev–Trinajstić information content (AvgIpc) is 3.20. The molecule has 0 saturated carbocycles. The maximum absolute atomic E-state index is 13.0. The molecule has 1 atom stereocenters. The predicted molar refractivity (Wildman–Crippen MR) is 110 cm³/mol. The van der Waals surface area contributed by atoms with E-state index in [0.717, 1.165) is 19.3 Å². The third-order valence-electron chi connectivity index (χ3n) is 5.09. The van der Waals surface area contributed by atoms with Crippen molar-refractivity contribution in [3.05, 3.63) is 41.1 Å². The Bertz CT molecular complexity index is 916. The summed E-state index contributed by atoms with van der Waals surface area (Å²) >= 11 is 0. The summed E-state index contributed by atoms with van der Waals surface area (Å²) in [4.78, 5) is 13.0. The van der Waals surface area contributed by atoms with Gasteiger partial charge < -0.3 is 14.8 Å². The Labute approximate surface area is 179 Å². The lowest BCUT2D eigenvalue weighted by molar-refractivity contribution is -0.139. The van der Waals surface area contributed by atoms with Crippen molar-refractivity contribution in [3.63, 3.8) is 0 Å². The first-order valence-electron chi connectivity index (χ1n) is 10.5. The van der Waals surface area contributed by atoms with Gasteiger partial charge >= 0.3 is 12.6 Å². The number of benzene rings is 1. The first-order valence-corrected chi connectivity index (χ1v) is 10.5. The van der Waals surface area contributed by atoms with Gasteiger partial charge in [0.05, 0.1) is 12.2 Å². The number of halogens is 2. The predicted octanol–water partition coefficient (Wildman–Crippen LogP) is 4.47. The summed E-state index contributed by atoms with van der Waals surface area (Å²) in [6.45, 7) is 1.13. The molecule has 1 aliphatic rings. The number of anilines is 1. The summed E-state index contributed by atoms with van der Waals surface area (Å²) < 4.78 is 37.5. The Kier molecular flexibility index (Phi) is 7.91. The molecule has 2 heterocycles. The van der Waals surface area contributed by atoms with E-state index in [4.69, 9.17) is 4.74 Å². The van der Waals surface area contributed by atoms with Crippen molar-refractivity contribution in [2.24, 2.45) is 0 Å². The van der Waals surface area contributed by atoms with Crippen LogP contribution in [0.3, 0.4) is 0 Å². The number of carbonyl (C=O) groups is 1.